The molecule has 11 heavy (non-hydrogen) atoms. The van der Waals surface area contributed by atoms with Crippen LogP contribution in [0.4, 0.5) is 5.82 Å². The van der Waals surface area contributed by atoms with Crippen LogP contribution in [0.1, 0.15) is 12.5 Å². The number of hydrogen-bond donors (Lipinski definition) is 1. The lowest BCUT2D eigenvalue weighted by Crippen LogP contribution is -2.08. The van der Waals surface area contributed by atoms with E-state index in [-0.39, 0.29) is 0 Å². The Bertz CT molecular complexity index is 285. The molecule has 1 atom stereocenters. The fourth-order valence-electron chi connectivity index (χ4n) is 1.38. The van der Waals surface area contributed by atoms with Crippen LogP contribution in [0.25, 0.3) is 0 Å². The van der Waals surface area contributed by atoms with E-state index < -0.39 is 0 Å². The first-order valence-electron chi connectivity index (χ1n) is 3.66. The predicted molar refractivity (Wildman–Crippen MR) is 48.7 cm³/mol. The van der Waals surface area contributed by atoms with Crippen LogP contribution in [-0.4, -0.2) is 11.0 Å². The van der Waals surface area contributed by atoms with Crippen LogP contribution in [0.2, 0.25) is 0 Å². The molecule has 1 N–H and O–H groups in total. The molecule has 0 spiro atoms. The van der Waals surface area contributed by atoms with Gasteiger partial charge in [0, 0.05) is 16.7 Å². The Morgan fingerprint density at radius 2 is 2.55 bits per heavy atom. The summed E-state index contributed by atoms with van der Waals surface area (Å²) in [6.07, 6.45) is 2.91. The molecule has 0 amide bonds. The van der Waals surface area contributed by atoms with Crippen molar-refractivity contribution in [2.75, 3.05) is 5.32 Å². The third-order valence-corrected chi connectivity index (χ3v) is 2.28. The molecule has 0 saturated carbocycles. The van der Waals surface area contributed by atoms with E-state index in [0.717, 1.165) is 16.7 Å². The van der Waals surface area contributed by atoms with Gasteiger partial charge >= 0.3 is 0 Å². The lowest BCUT2D eigenvalue weighted by Gasteiger charge is -1.99. The second-order valence-corrected chi connectivity index (χ2v) is 3.83. The zero-order valence-electron chi connectivity index (χ0n) is 6.26. The van der Waals surface area contributed by atoms with Gasteiger partial charge in [0.2, 0.25) is 0 Å². The lowest BCUT2D eigenvalue weighted by atomic mass is 10.2. The minimum atomic E-state index is 0.534. The second kappa shape index (κ2) is 2.48. The normalized spacial score (nSPS) is 21.1. The van der Waals surface area contributed by atoms with Gasteiger partial charge < -0.3 is 5.32 Å². The molecular formula is C8H9BrN2. The van der Waals surface area contributed by atoms with E-state index >= 15 is 0 Å². The van der Waals surface area contributed by atoms with Crippen molar-refractivity contribution in [2.24, 2.45) is 0 Å². The minimum Gasteiger partial charge on any atom is -0.367 e. The van der Waals surface area contributed by atoms with Crippen molar-refractivity contribution in [2.45, 2.75) is 19.4 Å². The minimum absolute atomic E-state index is 0.534. The highest BCUT2D eigenvalue weighted by molar-refractivity contribution is 9.10. The fourth-order valence-corrected chi connectivity index (χ4v) is 1.76. The van der Waals surface area contributed by atoms with Crippen molar-refractivity contribution in [3.63, 3.8) is 0 Å². The Labute approximate surface area is 74.2 Å². The van der Waals surface area contributed by atoms with Crippen LogP contribution in [-0.2, 0) is 6.42 Å². The van der Waals surface area contributed by atoms with Crippen LogP contribution < -0.4 is 5.32 Å². The molecule has 2 nitrogen and oxygen atoms in total. The standard InChI is InChI=1S/C8H9BrN2/c1-5-2-6-3-7(9)4-10-8(6)11-5/h3-5H,2H2,1H3,(H,10,11)/t5-/m0/s1. The Balaban J connectivity index is 2.43. The average molecular weight is 213 g/mol. The summed E-state index contributed by atoms with van der Waals surface area (Å²) in [7, 11) is 0. The predicted octanol–water partition coefficient (Wildman–Crippen LogP) is 2.20. The van der Waals surface area contributed by atoms with Crippen LogP contribution >= 0.6 is 15.9 Å². The number of pyridine rings is 1. The van der Waals surface area contributed by atoms with Gasteiger partial charge in [-0.1, -0.05) is 0 Å². The van der Waals surface area contributed by atoms with E-state index in [2.05, 4.69) is 39.2 Å². The molecule has 2 rings (SSSR count). The summed E-state index contributed by atoms with van der Waals surface area (Å²) in [4.78, 5) is 4.25. The van der Waals surface area contributed by atoms with Crippen molar-refractivity contribution < 1.29 is 0 Å². The number of rotatable bonds is 0. The van der Waals surface area contributed by atoms with Crippen LogP contribution in [0.3, 0.4) is 0 Å². The number of nitrogens with one attached hydrogen (secondary N) is 1. The summed E-state index contributed by atoms with van der Waals surface area (Å²) >= 11 is 3.39. The second-order valence-electron chi connectivity index (χ2n) is 2.91. The molecule has 1 aromatic rings. The molecule has 2 heterocycles. The monoisotopic (exact) mass is 212 g/mol. The number of anilines is 1. The number of nitrogens with zero attached hydrogens (tertiary/aromatic N) is 1. The molecule has 1 aliphatic rings. The molecule has 0 bridgehead atoms. The molecule has 3 heteroatoms. The van der Waals surface area contributed by atoms with E-state index in [9.17, 15) is 0 Å². The average Bonchev–Trinajstić information content (AvgIpc) is 2.27. The van der Waals surface area contributed by atoms with Gasteiger partial charge in [0.1, 0.15) is 5.82 Å². The SMILES string of the molecule is C[C@H]1Cc2cc(Br)cnc2N1. The van der Waals surface area contributed by atoms with E-state index in [1.165, 1.54) is 5.56 Å². The summed E-state index contributed by atoms with van der Waals surface area (Å²) in [6.45, 7) is 2.16. The van der Waals surface area contributed by atoms with E-state index in [1.54, 1.807) is 0 Å². The summed E-state index contributed by atoms with van der Waals surface area (Å²) < 4.78 is 1.06. The summed E-state index contributed by atoms with van der Waals surface area (Å²) in [6, 6.07) is 2.66. The molecule has 0 saturated heterocycles. The van der Waals surface area contributed by atoms with Crippen LogP contribution in [0.5, 0.6) is 0 Å². The number of hydrogen-bond acceptors (Lipinski definition) is 2. The van der Waals surface area contributed by atoms with Gasteiger partial charge in [-0.15, -0.1) is 0 Å². The Kier molecular flexibility index (Phi) is 1.60. The van der Waals surface area contributed by atoms with Gasteiger partial charge in [-0.3, -0.25) is 0 Å². The van der Waals surface area contributed by atoms with E-state index in [0.29, 0.717) is 6.04 Å². The van der Waals surface area contributed by atoms with Gasteiger partial charge in [-0.05, 0) is 40.9 Å². The quantitative estimate of drug-likeness (QED) is 0.714. The topological polar surface area (TPSA) is 24.9 Å². The van der Waals surface area contributed by atoms with E-state index in [4.69, 9.17) is 0 Å². The molecule has 0 unspecified atom stereocenters. The summed E-state index contributed by atoms with van der Waals surface area (Å²) in [5.41, 5.74) is 1.31. The Hall–Kier alpha value is -0.570. The van der Waals surface area contributed by atoms with Gasteiger partial charge in [0.15, 0.2) is 0 Å². The smallest absolute Gasteiger partial charge is 0.129 e. The number of aromatic nitrogens is 1. The zero-order chi connectivity index (χ0) is 7.84. The van der Waals surface area contributed by atoms with Crippen molar-refractivity contribution in [3.8, 4) is 0 Å². The van der Waals surface area contributed by atoms with Crippen molar-refractivity contribution in [1.82, 2.24) is 4.98 Å². The maximum atomic E-state index is 4.25. The maximum Gasteiger partial charge on any atom is 0.129 e. The van der Waals surface area contributed by atoms with Gasteiger partial charge in [-0.25, -0.2) is 4.98 Å². The van der Waals surface area contributed by atoms with Gasteiger partial charge in [0.25, 0.3) is 0 Å². The van der Waals surface area contributed by atoms with Crippen molar-refractivity contribution in [3.05, 3.63) is 22.3 Å². The van der Waals surface area contributed by atoms with E-state index in [1.807, 2.05) is 6.20 Å². The molecule has 0 fully saturated rings. The van der Waals surface area contributed by atoms with Gasteiger partial charge in [0.05, 0.1) is 0 Å². The van der Waals surface area contributed by atoms with Crippen molar-refractivity contribution >= 4 is 21.7 Å². The highest BCUT2D eigenvalue weighted by Crippen LogP contribution is 2.25. The summed E-state index contributed by atoms with van der Waals surface area (Å²) in [5.74, 6) is 1.04. The lowest BCUT2D eigenvalue weighted by molar-refractivity contribution is 0.838. The third-order valence-electron chi connectivity index (χ3n) is 1.84. The highest BCUT2D eigenvalue weighted by atomic mass is 79.9. The Morgan fingerprint density at radius 1 is 1.73 bits per heavy atom. The molecule has 0 radical (unpaired) electrons. The largest absolute Gasteiger partial charge is 0.367 e. The molecule has 1 aliphatic heterocycles. The number of halogens is 1. The molecular weight excluding hydrogens is 204 g/mol. The maximum absolute atomic E-state index is 4.25. The summed E-state index contributed by atoms with van der Waals surface area (Å²) in [5, 5.41) is 3.29. The van der Waals surface area contributed by atoms with Crippen LogP contribution in [0, 0.1) is 0 Å². The van der Waals surface area contributed by atoms with Crippen molar-refractivity contribution in [1.29, 1.82) is 0 Å². The fraction of sp³-hybridized carbons (Fsp3) is 0.375. The van der Waals surface area contributed by atoms with Gasteiger partial charge in [-0.2, -0.15) is 0 Å². The first kappa shape index (κ1) is 7.10. The Morgan fingerprint density at radius 3 is 3.36 bits per heavy atom. The first-order chi connectivity index (χ1) is 5.25. The van der Waals surface area contributed by atoms with Crippen LogP contribution in [0.15, 0.2) is 16.7 Å². The molecule has 0 aromatic carbocycles. The first-order valence-corrected chi connectivity index (χ1v) is 4.46. The third kappa shape index (κ3) is 1.25. The molecule has 1 aromatic heterocycles. The number of fused-ring (bicyclic) bond motifs is 1. The molecule has 58 valence electrons. The zero-order valence-corrected chi connectivity index (χ0v) is 7.85. The molecule has 0 aliphatic carbocycles. The highest BCUT2D eigenvalue weighted by Gasteiger charge is 2.17.